The summed E-state index contributed by atoms with van der Waals surface area (Å²) in [6.45, 7) is 0. The molecule has 0 atom stereocenters. The number of rotatable bonds is 1. The average Bonchev–Trinajstić information content (AvgIpc) is 2.39. The second-order valence-electron chi connectivity index (χ2n) is 3.92. The van der Waals surface area contributed by atoms with Gasteiger partial charge in [0.15, 0.2) is 0 Å². The Balaban J connectivity index is 2.20. The van der Waals surface area contributed by atoms with Gasteiger partial charge in [-0.15, -0.1) is 0 Å². The number of fused-ring (bicyclic) bond motifs is 1. The monoisotopic (exact) mass is 258 g/mol. The van der Waals surface area contributed by atoms with Gasteiger partial charge in [-0.3, -0.25) is 9.97 Å². The summed E-state index contributed by atoms with van der Waals surface area (Å²) in [5.41, 5.74) is 2.37. The Kier molecular flexibility index (Phi) is 2.68. The summed E-state index contributed by atoms with van der Waals surface area (Å²) in [6, 6.07) is 8.82. The van der Waals surface area contributed by atoms with Crippen LogP contribution in [0.15, 0.2) is 48.9 Å². The Bertz CT molecular complexity index is 728. The van der Waals surface area contributed by atoms with E-state index in [2.05, 4.69) is 9.97 Å². The molecular weight excluding hydrogens is 251 g/mol. The molecule has 0 spiro atoms. The number of nitrogens with zero attached hydrogens (tertiary/aromatic N) is 2. The molecule has 3 rings (SSSR count). The molecule has 0 aliphatic heterocycles. The van der Waals surface area contributed by atoms with E-state index in [0.29, 0.717) is 5.02 Å². The third-order valence-corrected chi connectivity index (χ3v) is 3.06. The summed E-state index contributed by atoms with van der Waals surface area (Å²) in [5, 5.41) is 1.54. The highest BCUT2D eigenvalue weighted by atomic mass is 35.5. The van der Waals surface area contributed by atoms with Crippen LogP contribution in [0.25, 0.3) is 22.0 Å². The quantitative estimate of drug-likeness (QED) is 0.657. The van der Waals surface area contributed by atoms with E-state index in [0.717, 1.165) is 22.0 Å². The average molecular weight is 259 g/mol. The summed E-state index contributed by atoms with van der Waals surface area (Å²) >= 11 is 6.07. The second kappa shape index (κ2) is 4.35. The predicted octanol–water partition coefficient (Wildman–Crippen LogP) is 4.09. The van der Waals surface area contributed by atoms with E-state index in [1.54, 1.807) is 18.5 Å². The van der Waals surface area contributed by atoms with Crippen LogP contribution in [0.5, 0.6) is 0 Å². The van der Waals surface area contributed by atoms with Crippen molar-refractivity contribution in [3.05, 3.63) is 59.8 Å². The Morgan fingerprint density at radius 3 is 2.72 bits per heavy atom. The summed E-state index contributed by atoms with van der Waals surface area (Å²) in [7, 11) is 0. The highest BCUT2D eigenvalue weighted by molar-refractivity contribution is 6.35. The molecule has 0 saturated carbocycles. The smallest absolute Gasteiger partial charge is 0.142 e. The van der Waals surface area contributed by atoms with Crippen LogP contribution in [0, 0.1) is 5.82 Å². The Morgan fingerprint density at radius 1 is 1.00 bits per heavy atom. The fourth-order valence-corrected chi connectivity index (χ4v) is 2.08. The van der Waals surface area contributed by atoms with E-state index < -0.39 is 0 Å². The van der Waals surface area contributed by atoms with Gasteiger partial charge >= 0.3 is 0 Å². The molecule has 0 bridgehead atoms. The van der Waals surface area contributed by atoms with Crippen molar-refractivity contribution in [2.45, 2.75) is 0 Å². The Morgan fingerprint density at radius 2 is 1.89 bits per heavy atom. The molecule has 0 saturated heterocycles. The molecule has 0 aliphatic rings. The van der Waals surface area contributed by atoms with Crippen molar-refractivity contribution in [1.29, 1.82) is 0 Å². The fraction of sp³-hybridized carbons (Fsp3) is 0. The number of pyridine rings is 2. The van der Waals surface area contributed by atoms with Gasteiger partial charge < -0.3 is 0 Å². The van der Waals surface area contributed by atoms with Crippen LogP contribution >= 0.6 is 11.6 Å². The van der Waals surface area contributed by atoms with E-state index in [4.69, 9.17) is 11.6 Å². The Labute approximate surface area is 108 Å². The normalized spacial score (nSPS) is 10.8. The molecule has 2 heterocycles. The standard InChI is InChI=1S/C14H8ClFN2/c15-13-3-4-18-14-6-9(1-2-12(13)14)10-5-11(16)8-17-7-10/h1-8H. The molecule has 2 aromatic heterocycles. The highest BCUT2D eigenvalue weighted by Crippen LogP contribution is 2.27. The number of hydrogen-bond acceptors (Lipinski definition) is 2. The molecule has 3 aromatic rings. The molecule has 88 valence electrons. The highest BCUT2D eigenvalue weighted by Gasteiger charge is 2.04. The first-order valence-corrected chi connectivity index (χ1v) is 5.77. The topological polar surface area (TPSA) is 25.8 Å². The molecule has 0 N–H and O–H groups in total. The molecule has 0 aliphatic carbocycles. The zero-order valence-electron chi connectivity index (χ0n) is 9.27. The lowest BCUT2D eigenvalue weighted by molar-refractivity contribution is 0.622. The summed E-state index contributed by atoms with van der Waals surface area (Å²) in [5.74, 6) is -0.355. The zero-order valence-corrected chi connectivity index (χ0v) is 10.0. The maximum Gasteiger partial charge on any atom is 0.142 e. The minimum absolute atomic E-state index is 0.355. The lowest BCUT2D eigenvalue weighted by Crippen LogP contribution is -1.85. The summed E-state index contributed by atoms with van der Waals surface area (Å²) in [6.07, 6.45) is 4.45. The van der Waals surface area contributed by atoms with Crippen LogP contribution < -0.4 is 0 Å². The van der Waals surface area contributed by atoms with Gasteiger partial charge in [-0.2, -0.15) is 0 Å². The minimum atomic E-state index is -0.355. The molecule has 4 heteroatoms. The first-order valence-electron chi connectivity index (χ1n) is 5.39. The van der Waals surface area contributed by atoms with Gasteiger partial charge in [0.05, 0.1) is 16.7 Å². The van der Waals surface area contributed by atoms with E-state index in [9.17, 15) is 4.39 Å². The first-order chi connectivity index (χ1) is 8.74. The second-order valence-corrected chi connectivity index (χ2v) is 4.32. The third kappa shape index (κ3) is 1.93. The van der Waals surface area contributed by atoms with Crippen LogP contribution in [0.3, 0.4) is 0 Å². The predicted molar refractivity (Wildman–Crippen MR) is 69.9 cm³/mol. The number of hydrogen-bond donors (Lipinski definition) is 0. The lowest BCUT2D eigenvalue weighted by Gasteiger charge is -2.04. The van der Waals surface area contributed by atoms with Crippen molar-refractivity contribution < 1.29 is 4.39 Å². The van der Waals surface area contributed by atoms with Gasteiger partial charge in [0, 0.05) is 23.3 Å². The van der Waals surface area contributed by atoms with Gasteiger partial charge in [-0.1, -0.05) is 23.7 Å². The molecule has 1 aromatic carbocycles. The molecule has 0 unspecified atom stereocenters. The van der Waals surface area contributed by atoms with Crippen molar-refractivity contribution >= 4 is 22.5 Å². The zero-order chi connectivity index (χ0) is 12.5. The van der Waals surface area contributed by atoms with E-state index in [1.807, 2.05) is 18.2 Å². The van der Waals surface area contributed by atoms with Crippen LogP contribution in [-0.2, 0) is 0 Å². The number of aromatic nitrogens is 2. The lowest BCUT2D eigenvalue weighted by atomic mass is 10.1. The number of benzene rings is 1. The molecule has 0 amide bonds. The van der Waals surface area contributed by atoms with Gasteiger partial charge in [-0.05, 0) is 23.8 Å². The van der Waals surface area contributed by atoms with E-state index in [1.165, 1.54) is 12.3 Å². The van der Waals surface area contributed by atoms with E-state index in [-0.39, 0.29) is 5.82 Å². The molecular formula is C14H8ClFN2. The van der Waals surface area contributed by atoms with Crippen molar-refractivity contribution in [2.75, 3.05) is 0 Å². The van der Waals surface area contributed by atoms with E-state index >= 15 is 0 Å². The molecule has 18 heavy (non-hydrogen) atoms. The molecule has 0 fully saturated rings. The largest absolute Gasteiger partial charge is 0.261 e. The van der Waals surface area contributed by atoms with Crippen LogP contribution in [-0.4, -0.2) is 9.97 Å². The first kappa shape index (κ1) is 11.1. The van der Waals surface area contributed by atoms with Crippen LogP contribution in [0.2, 0.25) is 5.02 Å². The van der Waals surface area contributed by atoms with Gasteiger partial charge in [0.1, 0.15) is 5.82 Å². The maximum absolute atomic E-state index is 13.1. The maximum atomic E-state index is 13.1. The van der Waals surface area contributed by atoms with Crippen molar-refractivity contribution in [2.24, 2.45) is 0 Å². The van der Waals surface area contributed by atoms with Gasteiger partial charge in [-0.25, -0.2) is 4.39 Å². The fourth-order valence-electron chi connectivity index (χ4n) is 1.86. The van der Waals surface area contributed by atoms with Crippen molar-refractivity contribution in [1.82, 2.24) is 9.97 Å². The van der Waals surface area contributed by atoms with Crippen LogP contribution in [0.1, 0.15) is 0 Å². The molecule has 2 nitrogen and oxygen atoms in total. The molecule has 0 radical (unpaired) electrons. The minimum Gasteiger partial charge on any atom is -0.261 e. The van der Waals surface area contributed by atoms with Crippen molar-refractivity contribution in [3.63, 3.8) is 0 Å². The SMILES string of the molecule is Fc1cncc(-c2ccc3c(Cl)ccnc3c2)c1. The van der Waals surface area contributed by atoms with Gasteiger partial charge in [0.25, 0.3) is 0 Å². The summed E-state index contributed by atoms with van der Waals surface area (Å²) in [4.78, 5) is 8.09. The number of halogens is 2. The van der Waals surface area contributed by atoms with Crippen LogP contribution in [0.4, 0.5) is 4.39 Å². The third-order valence-electron chi connectivity index (χ3n) is 2.73. The van der Waals surface area contributed by atoms with Crippen molar-refractivity contribution in [3.8, 4) is 11.1 Å². The Hall–Kier alpha value is -2.00. The summed E-state index contributed by atoms with van der Waals surface area (Å²) < 4.78 is 13.1. The van der Waals surface area contributed by atoms with Gasteiger partial charge in [0.2, 0.25) is 0 Å².